The summed E-state index contributed by atoms with van der Waals surface area (Å²) in [4.78, 5) is 11.4. The van der Waals surface area contributed by atoms with Gasteiger partial charge in [-0.15, -0.1) is 0 Å². The molecule has 0 saturated heterocycles. The van der Waals surface area contributed by atoms with Crippen molar-refractivity contribution in [3.8, 4) is 11.8 Å². The first-order chi connectivity index (χ1) is 13.0. The maximum absolute atomic E-state index is 12.9. The molecule has 4 nitrogen and oxygen atoms in total. The van der Waals surface area contributed by atoms with Crippen molar-refractivity contribution in [2.45, 2.75) is 48.3 Å². The highest BCUT2D eigenvalue weighted by atomic mass is 32.2. The van der Waals surface area contributed by atoms with Gasteiger partial charge in [-0.3, -0.25) is 0 Å². The molecule has 0 radical (unpaired) electrons. The van der Waals surface area contributed by atoms with E-state index >= 15 is 0 Å². The van der Waals surface area contributed by atoms with Gasteiger partial charge in [-0.2, -0.15) is 0 Å². The third kappa shape index (κ3) is 4.58. The van der Waals surface area contributed by atoms with Crippen LogP contribution >= 0.6 is 0 Å². The van der Waals surface area contributed by atoms with Gasteiger partial charge in [0.05, 0.1) is 15.4 Å². The topological polar surface area (TPSA) is 71.4 Å². The predicted octanol–water partition coefficient (Wildman–Crippen LogP) is 4.54. The molecule has 0 aliphatic heterocycles. The molecule has 1 saturated carbocycles. The molecule has 1 N–H and O–H groups in total. The zero-order valence-corrected chi connectivity index (χ0v) is 15.8. The zero-order valence-electron chi connectivity index (χ0n) is 15.0. The number of sulfone groups is 1. The van der Waals surface area contributed by atoms with Crippen LogP contribution in [-0.2, 0) is 9.84 Å². The normalized spacial score (nSPS) is 15.0. The van der Waals surface area contributed by atoms with E-state index in [2.05, 4.69) is 11.8 Å². The SMILES string of the molecule is O=C(O)c1ccc(C#CCC2CCCCC2)cc1S(=O)(=O)c1ccccc1. The largest absolute Gasteiger partial charge is 0.478 e. The minimum atomic E-state index is -3.93. The molecule has 0 bridgehead atoms. The van der Waals surface area contributed by atoms with E-state index in [1.807, 2.05) is 0 Å². The van der Waals surface area contributed by atoms with Gasteiger partial charge in [0.1, 0.15) is 0 Å². The second-order valence-corrected chi connectivity index (χ2v) is 8.76. The van der Waals surface area contributed by atoms with E-state index in [0.29, 0.717) is 11.5 Å². The van der Waals surface area contributed by atoms with Crippen molar-refractivity contribution in [3.63, 3.8) is 0 Å². The van der Waals surface area contributed by atoms with Crippen LogP contribution in [0.15, 0.2) is 58.3 Å². The summed E-state index contributed by atoms with van der Waals surface area (Å²) in [5.74, 6) is 5.50. The molecule has 1 fully saturated rings. The fourth-order valence-corrected chi connectivity index (χ4v) is 4.91. The van der Waals surface area contributed by atoms with Crippen molar-refractivity contribution in [1.29, 1.82) is 0 Å². The molecule has 0 aromatic heterocycles. The van der Waals surface area contributed by atoms with Gasteiger partial charge in [-0.1, -0.05) is 49.3 Å². The van der Waals surface area contributed by atoms with E-state index in [1.54, 1.807) is 24.3 Å². The maximum Gasteiger partial charge on any atom is 0.337 e. The molecule has 0 heterocycles. The summed E-state index contributed by atoms with van der Waals surface area (Å²) in [5, 5.41) is 9.41. The highest BCUT2D eigenvalue weighted by Crippen LogP contribution is 2.27. The van der Waals surface area contributed by atoms with Crippen LogP contribution in [0.25, 0.3) is 0 Å². The van der Waals surface area contributed by atoms with E-state index < -0.39 is 15.8 Å². The van der Waals surface area contributed by atoms with Crippen molar-refractivity contribution in [2.24, 2.45) is 5.92 Å². The smallest absolute Gasteiger partial charge is 0.337 e. The van der Waals surface area contributed by atoms with E-state index in [9.17, 15) is 18.3 Å². The summed E-state index contributed by atoms with van der Waals surface area (Å²) in [6, 6.07) is 12.1. The van der Waals surface area contributed by atoms with Crippen LogP contribution in [0.5, 0.6) is 0 Å². The summed E-state index contributed by atoms with van der Waals surface area (Å²) < 4.78 is 25.8. The molecule has 27 heavy (non-hydrogen) atoms. The number of carboxylic acid groups (broad SMARTS) is 1. The Morgan fingerprint density at radius 3 is 2.41 bits per heavy atom. The van der Waals surface area contributed by atoms with E-state index in [-0.39, 0.29) is 15.4 Å². The van der Waals surface area contributed by atoms with Crippen LogP contribution in [0.1, 0.15) is 54.4 Å². The molecular weight excluding hydrogens is 360 g/mol. The molecule has 1 aliphatic rings. The molecule has 140 valence electrons. The number of hydrogen-bond donors (Lipinski definition) is 1. The maximum atomic E-state index is 12.9. The Kier molecular flexibility index (Phi) is 5.98. The van der Waals surface area contributed by atoms with Crippen LogP contribution in [0.4, 0.5) is 0 Å². The number of carboxylic acids is 1. The van der Waals surface area contributed by atoms with E-state index in [4.69, 9.17) is 0 Å². The molecule has 5 heteroatoms. The monoisotopic (exact) mass is 382 g/mol. The first-order valence-corrected chi connectivity index (χ1v) is 10.6. The Morgan fingerprint density at radius 1 is 1.04 bits per heavy atom. The summed E-state index contributed by atoms with van der Waals surface area (Å²) in [6.45, 7) is 0. The Morgan fingerprint density at radius 2 is 1.74 bits per heavy atom. The van der Waals surface area contributed by atoms with Gasteiger partial charge >= 0.3 is 5.97 Å². The lowest BCUT2D eigenvalue weighted by atomic mass is 9.87. The standard InChI is InChI=1S/C22H22O4S/c23-22(24)20-15-14-18(11-7-10-17-8-3-1-4-9-17)16-21(20)27(25,26)19-12-5-2-6-13-19/h2,5-6,12-17H,1,3-4,8-10H2,(H,23,24). The van der Waals surface area contributed by atoms with Gasteiger partial charge in [0.15, 0.2) is 0 Å². The third-order valence-electron chi connectivity index (χ3n) is 4.90. The quantitative estimate of drug-likeness (QED) is 0.788. The minimum absolute atomic E-state index is 0.0693. The molecule has 2 aromatic rings. The van der Waals surface area contributed by atoms with E-state index in [1.165, 1.54) is 56.4 Å². The number of benzene rings is 2. The zero-order chi connectivity index (χ0) is 19.3. The fraction of sp³-hybridized carbons (Fsp3) is 0.318. The highest BCUT2D eigenvalue weighted by Gasteiger charge is 2.24. The molecule has 0 amide bonds. The van der Waals surface area contributed by atoms with Gasteiger partial charge in [0, 0.05) is 12.0 Å². The van der Waals surface area contributed by atoms with Gasteiger partial charge in [-0.25, -0.2) is 13.2 Å². The molecular formula is C22H22O4S. The average molecular weight is 382 g/mol. The second kappa shape index (κ2) is 8.41. The molecule has 2 aromatic carbocycles. The van der Waals surface area contributed by atoms with Crippen LogP contribution in [0.3, 0.4) is 0 Å². The number of hydrogen-bond acceptors (Lipinski definition) is 3. The summed E-state index contributed by atoms with van der Waals surface area (Å²) in [6.07, 6.45) is 6.97. The van der Waals surface area contributed by atoms with Gasteiger partial charge in [0.2, 0.25) is 9.84 Å². The summed E-state index contributed by atoms with van der Waals surface area (Å²) in [7, 11) is -3.93. The molecule has 0 atom stereocenters. The van der Waals surface area contributed by atoms with Crippen LogP contribution in [0.2, 0.25) is 0 Å². The Labute approximate surface area is 160 Å². The first kappa shape index (κ1) is 19.2. The third-order valence-corrected chi connectivity index (χ3v) is 6.71. The number of aromatic carboxylic acids is 1. The van der Waals surface area contributed by atoms with Gasteiger partial charge < -0.3 is 5.11 Å². The van der Waals surface area contributed by atoms with Crippen molar-refractivity contribution >= 4 is 15.8 Å². The van der Waals surface area contributed by atoms with Crippen molar-refractivity contribution in [1.82, 2.24) is 0 Å². The molecule has 0 unspecified atom stereocenters. The van der Waals surface area contributed by atoms with Crippen LogP contribution in [0, 0.1) is 17.8 Å². The Balaban J connectivity index is 1.93. The van der Waals surface area contributed by atoms with Crippen LogP contribution < -0.4 is 0 Å². The first-order valence-electron chi connectivity index (χ1n) is 9.15. The molecule has 1 aliphatic carbocycles. The Hall–Kier alpha value is -2.58. The minimum Gasteiger partial charge on any atom is -0.478 e. The van der Waals surface area contributed by atoms with Gasteiger partial charge in [0.25, 0.3) is 0 Å². The number of carbonyl (C=O) groups is 1. The van der Waals surface area contributed by atoms with Gasteiger partial charge in [-0.05, 0) is 49.1 Å². The lowest BCUT2D eigenvalue weighted by Gasteiger charge is -2.18. The summed E-state index contributed by atoms with van der Waals surface area (Å²) in [5.41, 5.74) is 0.280. The van der Waals surface area contributed by atoms with Crippen molar-refractivity contribution < 1.29 is 18.3 Å². The Bertz CT molecular complexity index is 976. The number of rotatable bonds is 4. The fourth-order valence-electron chi connectivity index (χ4n) is 3.41. The second-order valence-electron chi connectivity index (χ2n) is 6.84. The summed E-state index contributed by atoms with van der Waals surface area (Å²) >= 11 is 0. The predicted molar refractivity (Wildman–Crippen MR) is 103 cm³/mol. The van der Waals surface area contributed by atoms with E-state index in [0.717, 1.165) is 6.42 Å². The van der Waals surface area contributed by atoms with Crippen molar-refractivity contribution in [3.05, 3.63) is 59.7 Å². The lowest BCUT2D eigenvalue weighted by Crippen LogP contribution is -2.10. The molecule has 0 spiro atoms. The van der Waals surface area contributed by atoms with Crippen molar-refractivity contribution in [2.75, 3.05) is 0 Å². The highest BCUT2D eigenvalue weighted by molar-refractivity contribution is 7.91. The lowest BCUT2D eigenvalue weighted by molar-refractivity contribution is 0.0692. The average Bonchev–Trinajstić information content (AvgIpc) is 2.69. The molecule has 3 rings (SSSR count). The van der Waals surface area contributed by atoms with Crippen LogP contribution in [-0.4, -0.2) is 19.5 Å².